The molecule has 27 heavy (non-hydrogen) atoms. The Morgan fingerprint density at radius 3 is 2.81 bits per heavy atom. The molecule has 0 radical (unpaired) electrons. The lowest BCUT2D eigenvalue weighted by Crippen LogP contribution is -2.53. The minimum absolute atomic E-state index is 0.0865. The van der Waals surface area contributed by atoms with Crippen LogP contribution in [0.2, 0.25) is 0 Å². The SMILES string of the molecule is O=C1CCCOc2cccc(n2)C2CCC(CC2)OCC2C(O)CCCN12. The maximum Gasteiger partial charge on any atom is 0.223 e. The van der Waals surface area contributed by atoms with Gasteiger partial charge < -0.3 is 19.5 Å². The van der Waals surface area contributed by atoms with Crippen molar-refractivity contribution >= 4 is 5.91 Å². The number of piperidine rings is 1. The number of aromatic nitrogens is 1. The fourth-order valence-corrected chi connectivity index (χ4v) is 4.59. The molecule has 5 rings (SSSR count). The van der Waals surface area contributed by atoms with Gasteiger partial charge in [0, 0.05) is 30.6 Å². The van der Waals surface area contributed by atoms with Gasteiger partial charge in [0.2, 0.25) is 11.8 Å². The number of carbonyl (C=O) groups is 1. The third-order valence-corrected chi connectivity index (χ3v) is 6.19. The van der Waals surface area contributed by atoms with Gasteiger partial charge in [-0.1, -0.05) is 6.07 Å². The van der Waals surface area contributed by atoms with Crippen molar-refractivity contribution in [2.24, 2.45) is 0 Å². The van der Waals surface area contributed by atoms with Crippen molar-refractivity contribution in [1.82, 2.24) is 9.88 Å². The van der Waals surface area contributed by atoms with Crippen LogP contribution in [0.3, 0.4) is 0 Å². The zero-order chi connectivity index (χ0) is 18.6. The highest BCUT2D eigenvalue weighted by atomic mass is 16.5. The van der Waals surface area contributed by atoms with Crippen LogP contribution in [0.5, 0.6) is 5.88 Å². The Kier molecular flexibility index (Phi) is 5.93. The van der Waals surface area contributed by atoms with Crippen molar-refractivity contribution in [3.63, 3.8) is 0 Å². The van der Waals surface area contributed by atoms with Gasteiger partial charge in [0.1, 0.15) is 0 Å². The number of ether oxygens (including phenoxy) is 2. The van der Waals surface area contributed by atoms with Gasteiger partial charge >= 0.3 is 0 Å². The van der Waals surface area contributed by atoms with Crippen LogP contribution in [-0.2, 0) is 9.53 Å². The number of amides is 1. The molecule has 3 aliphatic heterocycles. The summed E-state index contributed by atoms with van der Waals surface area (Å²) in [6, 6.07) is 5.77. The van der Waals surface area contributed by atoms with Gasteiger partial charge in [0.05, 0.1) is 31.5 Å². The van der Waals surface area contributed by atoms with E-state index in [9.17, 15) is 9.90 Å². The van der Waals surface area contributed by atoms with E-state index in [0.717, 1.165) is 44.2 Å². The van der Waals surface area contributed by atoms with Gasteiger partial charge in [-0.05, 0) is 51.0 Å². The molecular weight excluding hydrogens is 344 g/mol. The molecule has 1 saturated carbocycles. The summed E-state index contributed by atoms with van der Waals surface area (Å²) in [7, 11) is 0. The van der Waals surface area contributed by atoms with Gasteiger partial charge in [-0.25, -0.2) is 4.98 Å². The zero-order valence-corrected chi connectivity index (χ0v) is 15.9. The standard InChI is InChI=1S/C21H30N2O4/c24-19-5-2-12-23-18(19)14-27-16-10-8-15(9-11-16)17-4-1-6-20(22-17)26-13-3-7-21(23)25/h1,4,6,15-16,18-19,24H,2-3,5,7-14H2. The second-order valence-electron chi connectivity index (χ2n) is 8.02. The lowest BCUT2D eigenvalue weighted by molar-refractivity contribution is -0.143. The molecule has 4 bridgehead atoms. The van der Waals surface area contributed by atoms with Gasteiger partial charge in [-0.15, -0.1) is 0 Å². The highest BCUT2D eigenvalue weighted by molar-refractivity contribution is 5.76. The van der Waals surface area contributed by atoms with Crippen LogP contribution in [0.1, 0.15) is 63.0 Å². The topological polar surface area (TPSA) is 71.9 Å². The van der Waals surface area contributed by atoms with Gasteiger partial charge in [0.15, 0.2) is 0 Å². The van der Waals surface area contributed by atoms with Gasteiger partial charge in [0.25, 0.3) is 0 Å². The number of nitrogens with zero attached hydrogens (tertiary/aromatic N) is 2. The number of pyridine rings is 1. The predicted octanol–water partition coefficient (Wildman–Crippen LogP) is 2.65. The third kappa shape index (κ3) is 4.43. The largest absolute Gasteiger partial charge is 0.478 e. The Morgan fingerprint density at radius 1 is 1.11 bits per heavy atom. The molecule has 1 N–H and O–H groups in total. The summed E-state index contributed by atoms with van der Waals surface area (Å²) >= 11 is 0. The van der Waals surface area contributed by atoms with Crippen molar-refractivity contribution < 1.29 is 19.4 Å². The summed E-state index contributed by atoms with van der Waals surface area (Å²) < 4.78 is 12.0. The third-order valence-electron chi connectivity index (χ3n) is 6.19. The molecule has 148 valence electrons. The fraction of sp³-hybridized carbons (Fsp3) is 0.714. The minimum atomic E-state index is -0.488. The highest BCUT2D eigenvalue weighted by Crippen LogP contribution is 2.34. The second-order valence-corrected chi connectivity index (χ2v) is 8.02. The highest BCUT2D eigenvalue weighted by Gasteiger charge is 2.34. The zero-order valence-electron chi connectivity index (χ0n) is 15.9. The van der Waals surface area contributed by atoms with E-state index in [1.807, 2.05) is 17.0 Å². The molecule has 0 aromatic carbocycles. The smallest absolute Gasteiger partial charge is 0.223 e. The molecule has 1 saturated heterocycles. The van der Waals surface area contributed by atoms with Crippen molar-refractivity contribution in [2.45, 2.75) is 75.5 Å². The molecule has 1 amide bonds. The molecule has 2 atom stereocenters. The first-order valence-electron chi connectivity index (χ1n) is 10.4. The Morgan fingerprint density at radius 2 is 1.96 bits per heavy atom. The Hall–Kier alpha value is -1.66. The lowest BCUT2D eigenvalue weighted by atomic mass is 9.85. The predicted molar refractivity (Wildman–Crippen MR) is 101 cm³/mol. The maximum atomic E-state index is 12.7. The molecule has 6 nitrogen and oxygen atoms in total. The van der Waals surface area contributed by atoms with Gasteiger partial charge in [-0.3, -0.25) is 4.79 Å². The normalized spacial score (nSPS) is 32.6. The molecule has 1 aromatic heterocycles. The van der Waals surface area contributed by atoms with Crippen LogP contribution in [0.4, 0.5) is 0 Å². The number of hydrogen-bond donors (Lipinski definition) is 1. The number of carbonyl (C=O) groups excluding carboxylic acids is 1. The van der Waals surface area contributed by atoms with Crippen LogP contribution in [-0.4, -0.2) is 58.9 Å². The van der Waals surface area contributed by atoms with Gasteiger partial charge in [-0.2, -0.15) is 0 Å². The average Bonchev–Trinajstić information content (AvgIpc) is 2.70. The van der Waals surface area contributed by atoms with E-state index in [4.69, 9.17) is 9.47 Å². The molecule has 2 fully saturated rings. The lowest BCUT2D eigenvalue weighted by Gasteiger charge is -2.40. The van der Waals surface area contributed by atoms with E-state index in [1.165, 1.54) is 0 Å². The maximum absolute atomic E-state index is 12.7. The average molecular weight is 374 g/mol. The Labute approximate surface area is 160 Å². The quantitative estimate of drug-likeness (QED) is 0.756. The summed E-state index contributed by atoms with van der Waals surface area (Å²) in [5, 5.41) is 10.5. The minimum Gasteiger partial charge on any atom is -0.478 e. The van der Waals surface area contributed by atoms with Crippen molar-refractivity contribution in [2.75, 3.05) is 19.8 Å². The molecule has 0 spiro atoms. The summed E-state index contributed by atoms with van der Waals surface area (Å²) in [6.07, 6.45) is 6.48. The van der Waals surface area contributed by atoms with Crippen molar-refractivity contribution in [3.05, 3.63) is 23.9 Å². The van der Waals surface area contributed by atoms with E-state index >= 15 is 0 Å². The Bertz CT molecular complexity index is 645. The van der Waals surface area contributed by atoms with Crippen LogP contribution in [0, 0.1) is 0 Å². The number of fused-ring (bicyclic) bond motifs is 7. The van der Waals surface area contributed by atoms with Crippen molar-refractivity contribution in [3.8, 4) is 5.88 Å². The van der Waals surface area contributed by atoms with E-state index in [0.29, 0.717) is 44.4 Å². The van der Waals surface area contributed by atoms with Crippen LogP contribution < -0.4 is 4.74 Å². The summed E-state index contributed by atoms with van der Waals surface area (Å²) in [5.74, 6) is 1.19. The fourth-order valence-electron chi connectivity index (χ4n) is 4.59. The molecule has 6 heteroatoms. The first kappa shape index (κ1) is 18.7. The first-order chi connectivity index (χ1) is 13.2. The first-order valence-corrected chi connectivity index (χ1v) is 10.4. The summed E-state index contributed by atoms with van der Waals surface area (Å²) in [5.41, 5.74) is 1.10. The van der Waals surface area contributed by atoms with E-state index in [2.05, 4.69) is 11.1 Å². The van der Waals surface area contributed by atoms with E-state index in [1.54, 1.807) is 0 Å². The van der Waals surface area contributed by atoms with E-state index in [-0.39, 0.29) is 18.1 Å². The summed E-state index contributed by atoms with van der Waals surface area (Å²) in [6.45, 7) is 1.63. The molecule has 1 aromatic rings. The molecule has 4 heterocycles. The number of aliphatic hydroxyl groups excluding tert-OH is 1. The number of rotatable bonds is 0. The Balaban J connectivity index is 1.50. The van der Waals surface area contributed by atoms with Crippen LogP contribution >= 0.6 is 0 Å². The summed E-state index contributed by atoms with van der Waals surface area (Å²) in [4.78, 5) is 19.2. The monoisotopic (exact) mass is 374 g/mol. The second kappa shape index (κ2) is 8.57. The molecular formula is C21H30N2O4. The van der Waals surface area contributed by atoms with Crippen molar-refractivity contribution in [1.29, 1.82) is 0 Å². The van der Waals surface area contributed by atoms with E-state index < -0.39 is 6.10 Å². The molecule has 2 unspecified atom stereocenters. The molecule has 1 aliphatic carbocycles. The van der Waals surface area contributed by atoms with Crippen LogP contribution in [0.25, 0.3) is 0 Å². The number of aliphatic hydroxyl groups is 1. The van der Waals surface area contributed by atoms with Crippen LogP contribution in [0.15, 0.2) is 18.2 Å². The molecule has 4 aliphatic rings. The number of hydrogen-bond acceptors (Lipinski definition) is 5.